The lowest BCUT2D eigenvalue weighted by Gasteiger charge is -2.25. The Hall–Kier alpha value is -0.380. The van der Waals surface area contributed by atoms with Gasteiger partial charge in [0.05, 0.1) is 112 Å². The molecule has 0 aromatic heterocycles. The highest BCUT2D eigenvalue weighted by molar-refractivity contribution is 14.1. The van der Waals surface area contributed by atoms with E-state index >= 15 is 0 Å². The number of likely N-dealkylation sites (N-methyl/N-ethyl adjacent to an activating group) is 4. The van der Waals surface area contributed by atoms with Crippen LogP contribution in [0.5, 0.6) is 0 Å². The summed E-state index contributed by atoms with van der Waals surface area (Å²) >= 11 is 11.6. The van der Waals surface area contributed by atoms with Crippen molar-refractivity contribution in [2.75, 3.05) is 104 Å². The van der Waals surface area contributed by atoms with E-state index in [1.165, 1.54) is 69.4 Å². The largest absolute Gasteiger partial charge is 0.481 e. The molecular formula is C38H54I6N6O16S2. The van der Waals surface area contributed by atoms with Crippen LogP contribution in [0.4, 0.5) is 11.4 Å². The van der Waals surface area contributed by atoms with Crippen molar-refractivity contribution in [3.63, 3.8) is 0 Å². The fraction of sp³-hybridized carbons (Fsp3) is 0.526. The molecule has 0 aliphatic heterocycles. The fourth-order valence-electron chi connectivity index (χ4n) is 5.08. The molecule has 0 saturated carbocycles. The number of aliphatic carboxylic acids is 2. The molecule has 0 heterocycles. The minimum absolute atomic E-state index is 0.0841. The van der Waals surface area contributed by atoms with Crippen LogP contribution in [0.25, 0.3) is 0 Å². The number of anilines is 2. The highest BCUT2D eigenvalue weighted by atomic mass is 127. The number of nitrogen functional groups attached to an aromatic ring is 2. The molecule has 30 heteroatoms. The number of aliphatic hydroxyl groups is 8. The van der Waals surface area contributed by atoms with Crippen LogP contribution in [-0.4, -0.2) is 223 Å². The van der Waals surface area contributed by atoms with Crippen molar-refractivity contribution in [2.24, 2.45) is 0 Å². The van der Waals surface area contributed by atoms with Gasteiger partial charge < -0.3 is 82.1 Å². The van der Waals surface area contributed by atoms with Crippen LogP contribution in [-0.2, 0) is 9.59 Å². The van der Waals surface area contributed by atoms with Crippen LogP contribution in [0.1, 0.15) is 54.3 Å². The van der Waals surface area contributed by atoms with E-state index in [-0.39, 0.29) is 72.6 Å². The summed E-state index contributed by atoms with van der Waals surface area (Å²) < 4.78 is 2.72. The Morgan fingerprint density at radius 1 is 0.441 bits per heavy atom. The van der Waals surface area contributed by atoms with Gasteiger partial charge in [-0.2, -0.15) is 0 Å². The number of carbonyl (C=O) groups excluding carboxylic acids is 4. The van der Waals surface area contributed by atoms with Gasteiger partial charge >= 0.3 is 11.9 Å². The zero-order valence-electron chi connectivity index (χ0n) is 36.7. The van der Waals surface area contributed by atoms with Crippen molar-refractivity contribution in [3.05, 3.63) is 43.7 Å². The fourth-order valence-corrected chi connectivity index (χ4v) is 15.2. The Bertz CT molecular complexity index is 1810. The maximum absolute atomic E-state index is 12.9. The maximum atomic E-state index is 12.9. The molecule has 2 rings (SSSR count). The third-order valence-corrected chi connectivity index (χ3v) is 17.7. The van der Waals surface area contributed by atoms with Crippen molar-refractivity contribution in [1.29, 1.82) is 0 Å². The third-order valence-electron chi connectivity index (χ3n) is 8.61. The quantitative estimate of drug-likeness (QED) is 0.0322. The second kappa shape index (κ2) is 34.2. The molecule has 0 bridgehead atoms. The zero-order chi connectivity index (χ0) is 52.9. The van der Waals surface area contributed by atoms with Crippen LogP contribution in [0.15, 0.2) is 0 Å². The van der Waals surface area contributed by atoms with Gasteiger partial charge in [-0.1, -0.05) is 21.6 Å². The summed E-state index contributed by atoms with van der Waals surface area (Å²) in [6, 6.07) is 0. The number of benzene rings is 2. The number of carbonyl (C=O) groups is 6. The molecule has 386 valence electrons. The number of hydrogen-bond donors (Lipinski definition) is 12. The first kappa shape index (κ1) is 67.6. The van der Waals surface area contributed by atoms with E-state index in [4.69, 9.17) is 42.1 Å². The maximum Gasteiger partial charge on any atom is 0.304 e. The summed E-state index contributed by atoms with van der Waals surface area (Å²) in [6.45, 7) is -2.27. The summed E-state index contributed by atoms with van der Waals surface area (Å²) in [7, 11) is 8.71. The number of nitrogens with two attached hydrogens (primary N) is 2. The van der Waals surface area contributed by atoms with Gasteiger partial charge in [0.15, 0.2) is 0 Å². The predicted octanol–water partition coefficient (Wildman–Crippen LogP) is 1.18. The van der Waals surface area contributed by atoms with Crippen molar-refractivity contribution in [3.8, 4) is 0 Å². The normalized spacial score (nSPS) is 12.6. The second-order valence-corrected chi connectivity index (χ2v) is 23.4. The molecule has 0 radical (unpaired) electrons. The summed E-state index contributed by atoms with van der Waals surface area (Å²) in [5, 5.41) is 90.9. The predicted molar refractivity (Wildman–Crippen MR) is 308 cm³/mol. The van der Waals surface area contributed by atoms with Gasteiger partial charge in [-0.05, 0) is 136 Å². The van der Waals surface area contributed by atoms with Crippen molar-refractivity contribution in [2.45, 2.75) is 37.3 Å². The number of rotatable bonds is 23. The minimum Gasteiger partial charge on any atom is -0.481 e. The van der Waals surface area contributed by atoms with E-state index in [1.54, 1.807) is 0 Å². The van der Waals surface area contributed by atoms with Gasteiger partial charge in [0, 0.05) is 73.0 Å². The van der Waals surface area contributed by atoms with Gasteiger partial charge in [0.1, 0.15) is 0 Å². The average molecular weight is 1680 g/mol. The summed E-state index contributed by atoms with van der Waals surface area (Å²) in [5.41, 5.74) is 13.8. The van der Waals surface area contributed by atoms with E-state index in [9.17, 15) is 49.2 Å². The minimum atomic E-state index is -1.09. The van der Waals surface area contributed by atoms with Crippen molar-refractivity contribution >= 4 is 204 Å². The Labute approximate surface area is 482 Å². The highest BCUT2D eigenvalue weighted by Crippen LogP contribution is 2.36. The number of carboxylic acids is 2. The number of aliphatic hydroxyl groups excluding tert-OH is 8. The summed E-state index contributed by atoms with van der Waals surface area (Å²) in [5.74, 6) is -2.37. The molecule has 0 spiro atoms. The molecule has 4 atom stereocenters. The molecular weight excluding hydrogens is 1620 g/mol. The molecule has 14 N–H and O–H groups in total. The van der Waals surface area contributed by atoms with E-state index < -0.39 is 86.4 Å². The lowest BCUT2D eigenvalue weighted by molar-refractivity contribution is -0.137. The van der Waals surface area contributed by atoms with Gasteiger partial charge in [-0.3, -0.25) is 28.8 Å². The van der Waals surface area contributed by atoms with E-state index in [0.717, 1.165) is 0 Å². The first-order valence-corrected chi connectivity index (χ1v) is 28.3. The summed E-state index contributed by atoms with van der Waals surface area (Å²) in [4.78, 5) is 76.8. The standard InChI is InChI=1S/2C16H22I3N3O6.C6H10O4S2/c2*1-21(3-7(25)5-23)15(27)9-11(17)10(13(19)14(20)12(9)18)16(28)22(2)4-8(26)6-24;7-5(8)1-3-11-12-4-2-6(9)10/h2*7-8,23-26H,3-6,20H2,1-2H3;1-4H2,(H,7,8)(H,9,10). The SMILES string of the molecule is CN(CC(O)CO)C(=O)c1c(I)c(N)c(I)c(C(=O)N(C)CC(O)CO)c1I.CN(CC(O)CO)C(=O)c1c(I)c(N)c(I)c(C(=O)N(C)CC(O)CO)c1I.O=C(O)CCSSCCC(=O)O. The molecule has 0 fully saturated rings. The second-order valence-electron chi connectivity index (χ2n) is 14.2. The van der Waals surface area contributed by atoms with Gasteiger partial charge in [-0.15, -0.1) is 0 Å². The number of carboxylic acid groups (broad SMARTS) is 2. The van der Waals surface area contributed by atoms with Gasteiger partial charge in [0.25, 0.3) is 23.6 Å². The molecule has 68 heavy (non-hydrogen) atoms. The van der Waals surface area contributed by atoms with E-state index in [1.807, 2.05) is 136 Å². The van der Waals surface area contributed by atoms with E-state index in [0.29, 0.717) is 32.9 Å². The number of amides is 4. The Kier molecular flexibility index (Phi) is 34.0. The van der Waals surface area contributed by atoms with Gasteiger partial charge in [-0.25, -0.2) is 0 Å². The molecule has 22 nitrogen and oxygen atoms in total. The average Bonchev–Trinajstić information content (AvgIpc) is 3.28. The molecule has 0 aliphatic rings. The van der Waals surface area contributed by atoms with Crippen LogP contribution in [0.3, 0.4) is 0 Å². The smallest absolute Gasteiger partial charge is 0.304 e. The zero-order valence-corrected chi connectivity index (χ0v) is 51.3. The molecule has 2 aromatic rings. The third kappa shape index (κ3) is 21.6. The Morgan fingerprint density at radius 3 is 0.794 bits per heavy atom. The monoisotopic (exact) mass is 1680 g/mol. The van der Waals surface area contributed by atoms with Gasteiger partial charge in [0.2, 0.25) is 0 Å². The Balaban J connectivity index is 0.00000107. The lowest BCUT2D eigenvalue weighted by atomic mass is 10.1. The number of hydrogen-bond acceptors (Lipinski definition) is 18. The Morgan fingerprint density at radius 2 is 0.632 bits per heavy atom. The topological polar surface area (TPSA) is 370 Å². The lowest BCUT2D eigenvalue weighted by Crippen LogP contribution is -2.38. The molecule has 4 unspecified atom stereocenters. The number of halogens is 6. The number of nitrogens with zero attached hydrogens (tertiary/aromatic N) is 4. The molecule has 0 saturated heterocycles. The molecule has 4 amide bonds. The van der Waals surface area contributed by atoms with Crippen LogP contribution >= 0.6 is 157 Å². The van der Waals surface area contributed by atoms with Crippen LogP contribution in [0.2, 0.25) is 0 Å². The van der Waals surface area contributed by atoms with Crippen LogP contribution < -0.4 is 11.5 Å². The first-order chi connectivity index (χ1) is 31.6. The van der Waals surface area contributed by atoms with Crippen LogP contribution in [0, 0.1) is 21.4 Å². The molecule has 0 aliphatic carbocycles. The van der Waals surface area contributed by atoms with E-state index in [2.05, 4.69) is 0 Å². The van der Waals surface area contributed by atoms with Crippen molar-refractivity contribution < 1.29 is 79.8 Å². The molecule has 2 aromatic carbocycles. The summed E-state index contributed by atoms with van der Waals surface area (Å²) in [6.07, 6.45) is -4.08. The first-order valence-electron chi connectivity index (χ1n) is 19.3. The van der Waals surface area contributed by atoms with Crippen molar-refractivity contribution in [1.82, 2.24) is 19.6 Å². The highest BCUT2D eigenvalue weighted by Gasteiger charge is 2.32.